The van der Waals surface area contributed by atoms with Gasteiger partial charge in [0, 0.05) is 53.3 Å². The fraction of sp³-hybridized carbons (Fsp3) is 0.200. The van der Waals surface area contributed by atoms with Crippen molar-refractivity contribution in [1.82, 2.24) is 0 Å². The number of hydrogen-bond donors (Lipinski definition) is 3. The quantitative estimate of drug-likeness (QED) is 0.481. The molecule has 2 aliphatic heterocycles. The highest BCUT2D eigenvalue weighted by atomic mass is 35.5. The Bertz CT molecular complexity index is 1150. The summed E-state index contributed by atoms with van der Waals surface area (Å²) in [6.45, 7) is 3.79. The number of anilines is 2. The molecule has 2 aliphatic rings. The molecule has 5 nitrogen and oxygen atoms in total. The van der Waals surface area contributed by atoms with E-state index in [2.05, 4.69) is 34.5 Å². The van der Waals surface area contributed by atoms with Crippen molar-refractivity contribution in [2.45, 2.75) is 0 Å². The number of aliphatic hydroxyl groups excluding tert-OH is 1. The molecule has 6 heteroatoms. The molecule has 3 aromatic rings. The zero-order chi connectivity index (χ0) is 21.4. The number of aliphatic hydroxyl groups is 1. The average molecular weight is 435 g/mol. The highest BCUT2D eigenvalue weighted by Crippen LogP contribution is 2.41. The van der Waals surface area contributed by atoms with Crippen molar-refractivity contribution in [3.8, 4) is 16.9 Å². The van der Waals surface area contributed by atoms with Gasteiger partial charge in [0.05, 0.1) is 18.2 Å². The number of fused-ring (bicyclic) bond motifs is 1. The zero-order valence-electron chi connectivity index (χ0n) is 16.9. The van der Waals surface area contributed by atoms with Crippen LogP contribution in [0.5, 0.6) is 5.75 Å². The second kappa shape index (κ2) is 8.17. The van der Waals surface area contributed by atoms with Crippen LogP contribution in [0.3, 0.4) is 0 Å². The molecule has 0 saturated carbocycles. The van der Waals surface area contributed by atoms with Crippen molar-refractivity contribution in [2.75, 3.05) is 43.1 Å². The third kappa shape index (κ3) is 3.82. The van der Waals surface area contributed by atoms with Gasteiger partial charge < -0.3 is 25.2 Å². The maximum Gasteiger partial charge on any atom is 0.128 e. The Morgan fingerprint density at radius 2 is 1.74 bits per heavy atom. The van der Waals surface area contributed by atoms with Crippen molar-refractivity contribution in [1.29, 1.82) is 0 Å². The monoisotopic (exact) mass is 434 g/mol. The van der Waals surface area contributed by atoms with Gasteiger partial charge >= 0.3 is 0 Å². The smallest absolute Gasteiger partial charge is 0.128 e. The molecule has 0 amide bonds. The first-order valence-electron chi connectivity index (χ1n) is 10.3. The fourth-order valence-corrected chi connectivity index (χ4v) is 4.45. The van der Waals surface area contributed by atoms with Gasteiger partial charge in [0.1, 0.15) is 11.5 Å². The normalized spacial score (nSPS) is 17.3. The lowest BCUT2D eigenvalue weighted by molar-refractivity contribution is 0.122. The number of halogens is 1. The molecule has 31 heavy (non-hydrogen) atoms. The predicted molar refractivity (Wildman–Crippen MR) is 126 cm³/mol. The molecular weight excluding hydrogens is 412 g/mol. The van der Waals surface area contributed by atoms with Gasteiger partial charge in [0.15, 0.2) is 0 Å². The SMILES string of the molecule is OC(=C1CNc2cc(Cl)c(-c3ccc(N4CCOCC4)cc3)cc21)c1cccc(O)c1. The Balaban J connectivity index is 1.51. The predicted octanol–water partition coefficient (Wildman–Crippen LogP) is 5.40. The number of nitrogens with zero attached hydrogens (tertiary/aromatic N) is 1. The molecule has 0 aliphatic carbocycles. The van der Waals surface area contributed by atoms with E-state index in [4.69, 9.17) is 16.3 Å². The van der Waals surface area contributed by atoms with Crippen LogP contribution < -0.4 is 10.2 Å². The largest absolute Gasteiger partial charge is 0.508 e. The Morgan fingerprint density at radius 3 is 2.48 bits per heavy atom. The number of phenolic OH excluding ortho intramolecular Hbond substituents is 1. The molecule has 1 fully saturated rings. The lowest BCUT2D eigenvalue weighted by Crippen LogP contribution is -2.36. The number of phenols is 1. The summed E-state index contributed by atoms with van der Waals surface area (Å²) < 4.78 is 5.44. The van der Waals surface area contributed by atoms with Gasteiger partial charge in [0.25, 0.3) is 0 Å². The van der Waals surface area contributed by atoms with Crippen LogP contribution in [0, 0.1) is 0 Å². The van der Waals surface area contributed by atoms with Gasteiger partial charge in [-0.15, -0.1) is 0 Å². The van der Waals surface area contributed by atoms with Crippen molar-refractivity contribution >= 4 is 34.3 Å². The van der Waals surface area contributed by atoms with Crippen molar-refractivity contribution in [3.63, 3.8) is 0 Å². The van der Waals surface area contributed by atoms with Crippen molar-refractivity contribution in [2.24, 2.45) is 0 Å². The highest BCUT2D eigenvalue weighted by molar-refractivity contribution is 6.34. The molecule has 158 valence electrons. The van der Waals surface area contributed by atoms with Crippen LogP contribution in [0.15, 0.2) is 60.7 Å². The third-order valence-electron chi connectivity index (χ3n) is 5.85. The molecule has 0 unspecified atom stereocenters. The van der Waals surface area contributed by atoms with Crippen LogP contribution in [0.4, 0.5) is 11.4 Å². The van der Waals surface area contributed by atoms with Gasteiger partial charge in [-0.1, -0.05) is 35.9 Å². The lowest BCUT2D eigenvalue weighted by Gasteiger charge is -2.29. The van der Waals surface area contributed by atoms with Crippen molar-refractivity contribution < 1.29 is 14.9 Å². The third-order valence-corrected chi connectivity index (χ3v) is 6.16. The fourth-order valence-electron chi connectivity index (χ4n) is 4.18. The molecule has 3 N–H and O–H groups in total. The Morgan fingerprint density at radius 1 is 0.968 bits per heavy atom. The first-order chi connectivity index (χ1) is 15.1. The van der Waals surface area contributed by atoms with Gasteiger partial charge in [-0.3, -0.25) is 0 Å². The molecule has 0 radical (unpaired) electrons. The molecule has 3 aromatic carbocycles. The van der Waals surface area contributed by atoms with Gasteiger partial charge in [-0.25, -0.2) is 0 Å². The maximum absolute atomic E-state index is 10.9. The summed E-state index contributed by atoms with van der Waals surface area (Å²) in [7, 11) is 0. The zero-order valence-corrected chi connectivity index (χ0v) is 17.7. The number of aromatic hydroxyl groups is 1. The van der Waals surface area contributed by atoms with Crippen LogP contribution >= 0.6 is 11.6 Å². The molecule has 5 rings (SSSR count). The minimum Gasteiger partial charge on any atom is -0.508 e. The number of rotatable bonds is 3. The van der Waals surface area contributed by atoms with E-state index in [1.54, 1.807) is 24.3 Å². The molecule has 0 aromatic heterocycles. The summed E-state index contributed by atoms with van der Waals surface area (Å²) in [4.78, 5) is 2.32. The van der Waals surface area contributed by atoms with E-state index < -0.39 is 0 Å². The summed E-state index contributed by atoms with van der Waals surface area (Å²) in [5, 5.41) is 24.6. The minimum absolute atomic E-state index is 0.119. The first kappa shape index (κ1) is 19.8. The topological polar surface area (TPSA) is 65.0 Å². The molecule has 2 heterocycles. The van der Waals surface area contributed by atoms with Crippen LogP contribution in [0.25, 0.3) is 22.5 Å². The minimum atomic E-state index is 0.119. The molecule has 0 bridgehead atoms. The standard InChI is InChI=1S/C25H23ClN2O3/c26-23-14-24-21(22(15-27-24)25(30)17-2-1-3-19(29)12-17)13-20(23)16-4-6-18(7-5-16)28-8-10-31-11-9-28/h1-7,12-14,27,29-30H,8-11,15H2. The van der Waals surface area contributed by atoms with E-state index in [1.807, 2.05) is 12.1 Å². The maximum atomic E-state index is 10.9. The highest BCUT2D eigenvalue weighted by Gasteiger charge is 2.23. The van der Waals surface area contributed by atoms with E-state index in [9.17, 15) is 10.2 Å². The van der Waals surface area contributed by atoms with E-state index >= 15 is 0 Å². The lowest BCUT2D eigenvalue weighted by atomic mass is 9.97. The molecule has 0 spiro atoms. The van der Waals surface area contributed by atoms with E-state index in [0.29, 0.717) is 17.1 Å². The second-order valence-corrected chi connectivity index (χ2v) is 8.16. The number of morpholine rings is 1. The Hall–Kier alpha value is -3.15. The number of hydrogen-bond acceptors (Lipinski definition) is 5. The Labute approximate surface area is 186 Å². The Kier molecular flexibility index (Phi) is 5.22. The van der Waals surface area contributed by atoms with Crippen molar-refractivity contribution in [3.05, 3.63) is 76.8 Å². The van der Waals surface area contributed by atoms with Gasteiger partial charge in [-0.2, -0.15) is 0 Å². The number of benzene rings is 3. The van der Waals surface area contributed by atoms with Crippen LogP contribution in [0.1, 0.15) is 11.1 Å². The number of nitrogens with one attached hydrogen (secondary N) is 1. The second-order valence-electron chi connectivity index (χ2n) is 7.75. The van der Waals surface area contributed by atoms with Crippen LogP contribution in [0.2, 0.25) is 5.02 Å². The molecular formula is C25H23ClN2O3. The first-order valence-corrected chi connectivity index (χ1v) is 10.7. The van der Waals surface area contributed by atoms with Crippen LogP contribution in [-0.2, 0) is 4.74 Å². The molecule has 1 saturated heterocycles. The average Bonchev–Trinajstić information content (AvgIpc) is 3.21. The van der Waals surface area contributed by atoms with Gasteiger partial charge in [-0.05, 0) is 42.0 Å². The summed E-state index contributed by atoms with van der Waals surface area (Å²) in [5.74, 6) is 0.270. The summed E-state index contributed by atoms with van der Waals surface area (Å²) in [6.07, 6.45) is 0. The summed E-state index contributed by atoms with van der Waals surface area (Å²) >= 11 is 6.62. The molecule has 0 atom stereocenters. The summed E-state index contributed by atoms with van der Waals surface area (Å²) in [5.41, 5.74) is 6.28. The van der Waals surface area contributed by atoms with Gasteiger partial charge in [0.2, 0.25) is 0 Å². The van der Waals surface area contributed by atoms with Crippen LogP contribution in [-0.4, -0.2) is 43.1 Å². The van der Waals surface area contributed by atoms with E-state index in [1.165, 1.54) is 5.69 Å². The number of ether oxygens (including phenoxy) is 1. The summed E-state index contributed by atoms with van der Waals surface area (Å²) in [6, 6.07) is 19.0. The van der Waals surface area contributed by atoms with E-state index in [-0.39, 0.29) is 11.5 Å². The van der Waals surface area contributed by atoms with E-state index in [0.717, 1.165) is 54.3 Å².